The van der Waals surface area contributed by atoms with Gasteiger partial charge in [0.15, 0.2) is 11.2 Å². The Hall–Kier alpha value is -5.40. The number of aromatic nitrogens is 1. The molecule has 5 aliphatic rings. The quantitative estimate of drug-likeness (QED) is 0.0693. The summed E-state index contributed by atoms with van der Waals surface area (Å²) < 4.78 is 36.1. The zero-order chi connectivity index (χ0) is 49.2. The van der Waals surface area contributed by atoms with Crippen molar-refractivity contribution in [3.63, 3.8) is 0 Å². The van der Waals surface area contributed by atoms with Crippen molar-refractivity contribution in [1.29, 1.82) is 0 Å². The van der Waals surface area contributed by atoms with Crippen LogP contribution in [0.15, 0.2) is 53.9 Å². The van der Waals surface area contributed by atoms with Gasteiger partial charge >= 0.3 is 31.3 Å². The maximum Gasteiger partial charge on any atom is 0.482 e. The first kappa shape index (κ1) is 50.5. The predicted molar refractivity (Wildman–Crippen MR) is 256 cm³/mol. The van der Waals surface area contributed by atoms with Crippen LogP contribution in [0, 0.1) is 23.2 Å². The zero-order valence-electron chi connectivity index (χ0n) is 40.9. The van der Waals surface area contributed by atoms with Crippen LogP contribution in [0.3, 0.4) is 0 Å². The third kappa shape index (κ3) is 11.9. The fraction of sp³-hybridized carbons (Fsp3) is 0.592. The van der Waals surface area contributed by atoms with Crippen LogP contribution in [0.2, 0.25) is 0 Å². The highest BCUT2D eigenvalue weighted by atomic mass is 32.1. The van der Waals surface area contributed by atoms with Gasteiger partial charge in [0.1, 0.15) is 29.1 Å². The summed E-state index contributed by atoms with van der Waals surface area (Å²) >= 11 is 1.07. The molecule has 8 rings (SSSR count). The second kappa shape index (κ2) is 20.3. The van der Waals surface area contributed by atoms with Gasteiger partial charge < -0.3 is 49.1 Å². The van der Waals surface area contributed by atoms with Gasteiger partial charge in [0.2, 0.25) is 5.91 Å². The number of likely N-dealkylation sites (tertiary alicyclic amines) is 1. The molecule has 3 saturated carbocycles. The molecule has 3 aromatic rings. The fourth-order valence-electron chi connectivity index (χ4n) is 9.96. The number of carbonyl (C=O) groups is 5. The Labute approximate surface area is 403 Å². The minimum absolute atomic E-state index is 0.0384. The Kier molecular flexibility index (Phi) is 15.1. The highest BCUT2D eigenvalue weighted by Gasteiger charge is 2.68. The Morgan fingerprint density at radius 2 is 1.62 bits per heavy atom. The molecule has 0 radical (unpaired) electrons. The van der Waals surface area contributed by atoms with Gasteiger partial charge in [-0.1, -0.05) is 56.3 Å². The molecule has 68 heavy (non-hydrogen) atoms. The van der Waals surface area contributed by atoms with E-state index in [9.17, 15) is 19.2 Å². The molecule has 3 heterocycles. The lowest BCUT2D eigenvalue weighted by atomic mass is 9.43. The molecule has 17 nitrogen and oxygen atoms in total. The first-order valence-electron chi connectivity index (χ1n) is 23.5. The number of thiazole rings is 1. The van der Waals surface area contributed by atoms with Crippen molar-refractivity contribution in [3.8, 4) is 5.75 Å². The minimum atomic E-state index is -1.34. The Bertz CT molecular complexity index is 2310. The summed E-state index contributed by atoms with van der Waals surface area (Å²) in [7, 11) is 0.557. The molecule has 5 amide bonds. The second-order valence-electron chi connectivity index (χ2n) is 21.1. The number of amides is 5. The number of anilines is 1. The Morgan fingerprint density at radius 3 is 2.28 bits per heavy atom. The van der Waals surface area contributed by atoms with E-state index in [1.165, 1.54) is 7.11 Å². The molecule has 5 fully saturated rings. The zero-order valence-corrected chi connectivity index (χ0v) is 41.7. The molecule has 0 spiro atoms. The van der Waals surface area contributed by atoms with Crippen molar-refractivity contribution in [2.75, 3.05) is 32.1 Å². The number of piperidine rings is 1. The summed E-state index contributed by atoms with van der Waals surface area (Å²) in [6.45, 7) is 18.6. The number of urea groups is 1. The molecule has 19 heteroatoms. The highest BCUT2D eigenvalue weighted by Crippen LogP contribution is 2.65. The Balaban J connectivity index is 1.14. The van der Waals surface area contributed by atoms with Crippen LogP contribution in [0.4, 0.5) is 19.5 Å². The topological polar surface area (TPSA) is 205 Å². The standard InChI is InChI=1S/C49H67BN6O11S/c1-46(2,3)64-41(58)33-18-14-17-31(39(33)62-10)23-37(50-66-36-25-32-24-35(48(32,7)8)49(36,9)67-50)53-40(57)38(34-28-68-42(52-34)55-45(61)63-27-30-15-12-11-13-16-30)54-43(59)56-21-19-29(20-22-56)26-51-44(60)65-47(4,5)6/h11-18,28-29,32,35-38H,19-27H2,1-10H3,(H,51,60)(H,53,57)(H,54,59)(H,52,55,61)/t32?,35?,36?,37?,38?,49-/m0/s1. The number of benzene rings is 2. The van der Waals surface area contributed by atoms with Crippen molar-refractivity contribution in [1.82, 2.24) is 25.8 Å². The normalized spacial score (nSPS) is 22.9. The summed E-state index contributed by atoms with van der Waals surface area (Å²) in [4.78, 5) is 74.1. The fourth-order valence-corrected chi connectivity index (χ4v) is 10.7. The predicted octanol–water partition coefficient (Wildman–Crippen LogP) is 7.84. The van der Waals surface area contributed by atoms with E-state index in [1.54, 1.807) is 64.0 Å². The first-order chi connectivity index (χ1) is 32.0. The number of rotatable bonds is 14. The lowest BCUT2D eigenvalue weighted by Gasteiger charge is -2.64. The van der Waals surface area contributed by atoms with Crippen LogP contribution in [0.25, 0.3) is 0 Å². The number of hydrogen-bond acceptors (Lipinski definition) is 13. The second-order valence-corrected chi connectivity index (χ2v) is 22.0. The van der Waals surface area contributed by atoms with Gasteiger partial charge in [-0.2, -0.15) is 0 Å². The summed E-state index contributed by atoms with van der Waals surface area (Å²) in [5.74, 6) is -0.925. The maximum absolute atomic E-state index is 15.0. The van der Waals surface area contributed by atoms with E-state index in [0.29, 0.717) is 44.0 Å². The van der Waals surface area contributed by atoms with Crippen molar-refractivity contribution < 1.29 is 52.2 Å². The number of nitrogens with zero attached hydrogens (tertiary/aromatic N) is 2. The Morgan fingerprint density at radius 1 is 0.912 bits per heavy atom. The SMILES string of the molecule is COc1c(CC(NC(=O)C(NC(=O)N2CCC(CNC(=O)OC(C)(C)C)CC2)c2csc(NC(=O)OCc3ccccc3)n2)B2OC3CC4CC(C4(C)C)[C@]3(C)O2)cccc1C(=O)OC(C)(C)C. The van der Waals surface area contributed by atoms with Crippen LogP contribution < -0.4 is 26.0 Å². The number of methoxy groups -OCH3 is 1. The molecular weight excluding hydrogens is 891 g/mol. The van der Waals surface area contributed by atoms with Crippen molar-refractivity contribution in [2.45, 2.75) is 136 Å². The van der Waals surface area contributed by atoms with E-state index in [1.807, 2.05) is 36.4 Å². The first-order valence-corrected chi connectivity index (χ1v) is 24.4. The number of nitrogens with one attached hydrogen (secondary N) is 4. The third-order valence-corrected chi connectivity index (χ3v) is 14.4. The average molecular weight is 959 g/mol. The van der Waals surface area contributed by atoms with E-state index in [2.05, 4.69) is 47.0 Å². The van der Waals surface area contributed by atoms with Gasteiger partial charge in [-0.3, -0.25) is 10.1 Å². The molecule has 3 aliphatic carbocycles. The summed E-state index contributed by atoms with van der Waals surface area (Å²) in [6, 6.07) is 12.6. The van der Waals surface area contributed by atoms with Crippen LogP contribution in [0.5, 0.6) is 5.75 Å². The van der Waals surface area contributed by atoms with Gasteiger partial charge in [0.05, 0.1) is 30.4 Å². The number of esters is 1. The largest absolute Gasteiger partial charge is 0.496 e. The summed E-state index contributed by atoms with van der Waals surface area (Å²) in [5, 5.41) is 13.3. The van der Waals surface area contributed by atoms with E-state index < -0.39 is 66.0 Å². The average Bonchev–Trinajstić information content (AvgIpc) is 3.89. The van der Waals surface area contributed by atoms with Gasteiger partial charge in [0, 0.05) is 25.0 Å². The van der Waals surface area contributed by atoms with Crippen molar-refractivity contribution >= 4 is 53.7 Å². The van der Waals surface area contributed by atoms with Crippen LogP contribution in [-0.2, 0) is 41.3 Å². The van der Waals surface area contributed by atoms with Gasteiger partial charge in [0.25, 0.3) is 0 Å². The monoisotopic (exact) mass is 958 g/mol. The molecule has 368 valence electrons. The number of para-hydroxylation sites is 1. The maximum atomic E-state index is 15.0. The molecule has 2 aliphatic heterocycles. The molecule has 2 bridgehead atoms. The summed E-state index contributed by atoms with van der Waals surface area (Å²) in [6.07, 6.45) is 1.70. The molecule has 1 aromatic heterocycles. The van der Waals surface area contributed by atoms with E-state index in [-0.39, 0.29) is 58.5 Å². The number of carbonyl (C=O) groups excluding carboxylic acids is 5. The lowest BCUT2D eigenvalue weighted by molar-refractivity contribution is -0.199. The smallest absolute Gasteiger partial charge is 0.482 e. The molecular formula is C49H67BN6O11S. The third-order valence-electron chi connectivity index (χ3n) is 13.6. The molecule has 6 atom stereocenters. The van der Waals surface area contributed by atoms with E-state index >= 15 is 4.79 Å². The van der Waals surface area contributed by atoms with Gasteiger partial charge in [-0.25, -0.2) is 24.2 Å². The van der Waals surface area contributed by atoms with Crippen LogP contribution in [0.1, 0.15) is 121 Å². The molecule has 2 saturated heterocycles. The molecule has 5 unspecified atom stereocenters. The van der Waals surface area contributed by atoms with E-state index in [4.69, 9.17) is 28.3 Å². The number of alkyl carbamates (subject to hydrolysis) is 1. The summed E-state index contributed by atoms with van der Waals surface area (Å²) in [5.41, 5.74) is -0.163. The minimum Gasteiger partial charge on any atom is -0.496 e. The number of ether oxygens (including phenoxy) is 4. The van der Waals surface area contributed by atoms with Crippen LogP contribution >= 0.6 is 11.3 Å². The van der Waals surface area contributed by atoms with Crippen molar-refractivity contribution in [3.05, 3.63) is 76.3 Å². The van der Waals surface area contributed by atoms with Gasteiger partial charge in [-0.15, -0.1) is 11.3 Å². The molecule has 2 aromatic carbocycles. The van der Waals surface area contributed by atoms with E-state index in [0.717, 1.165) is 29.7 Å². The number of hydrogen-bond donors (Lipinski definition) is 4. The lowest BCUT2D eigenvalue weighted by Crippen LogP contribution is -2.65. The highest BCUT2D eigenvalue weighted by molar-refractivity contribution is 7.13. The van der Waals surface area contributed by atoms with Gasteiger partial charge in [-0.05, 0) is 121 Å². The van der Waals surface area contributed by atoms with Crippen LogP contribution in [-0.4, -0.2) is 103 Å². The van der Waals surface area contributed by atoms with Crippen molar-refractivity contribution in [2.24, 2.45) is 23.2 Å². The molecule has 4 N–H and O–H groups in total.